The molecule has 6 nitrogen and oxygen atoms in total. The number of sulfonamides is 1. The van der Waals surface area contributed by atoms with Gasteiger partial charge in [0.25, 0.3) is 0 Å². The van der Waals surface area contributed by atoms with E-state index in [9.17, 15) is 18.3 Å². The lowest BCUT2D eigenvalue weighted by Crippen LogP contribution is -2.32. The van der Waals surface area contributed by atoms with E-state index >= 15 is 0 Å². The fourth-order valence-corrected chi connectivity index (χ4v) is 4.13. The van der Waals surface area contributed by atoms with Gasteiger partial charge in [0.15, 0.2) is 0 Å². The third-order valence-electron chi connectivity index (χ3n) is 5.03. The molecule has 2 aliphatic rings. The van der Waals surface area contributed by atoms with Crippen LogP contribution in [0.5, 0.6) is 0 Å². The third-order valence-corrected chi connectivity index (χ3v) is 6.41. The first kappa shape index (κ1) is 16.4. The van der Waals surface area contributed by atoms with Crippen LogP contribution in [0.2, 0.25) is 0 Å². The molecule has 0 aromatic heterocycles. The highest BCUT2D eigenvalue weighted by Crippen LogP contribution is 2.45. The molecule has 0 saturated heterocycles. The molecule has 7 heteroatoms. The molecular formula is C16H22N2O4S. The molecule has 0 bridgehead atoms. The number of carbonyl (C=O) groups excluding carboxylic acids is 1. The first-order valence-corrected chi connectivity index (χ1v) is 9.17. The Morgan fingerprint density at radius 1 is 1.30 bits per heavy atom. The number of hydrogen-bond donors (Lipinski definition) is 3. The van der Waals surface area contributed by atoms with Gasteiger partial charge in [-0.05, 0) is 56.9 Å². The second-order valence-corrected chi connectivity index (χ2v) is 8.99. The van der Waals surface area contributed by atoms with Crippen molar-refractivity contribution in [3.05, 3.63) is 23.3 Å². The number of anilines is 1. The molecule has 0 spiro atoms. The number of aliphatic hydroxyl groups excluding tert-OH is 1. The summed E-state index contributed by atoms with van der Waals surface area (Å²) >= 11 is 0. The first-order valence-electron chi connectivity index (χ1n) is 7.68. The SMILES string of the molecule is Cc1cc(S(=O)(=O)NCC2(CO)CC2)cc2c1NC(=O)C2(C)C. The van der Waals surface area contributed by atoms with Crippen LogP contribution < -0.4 is 10.0 Å². The number of carbonyl (C=O) groups is 1. The molecule has 126 valence electrons. The van der Waals surface area contributed by atoms with Gasteiger partial charge in [-0.1, -0.05) is 0 Å². The van der Waals surface area contributed by atoms with E-state index in [4.69, 9.17) is 0 Å². The van der Waals surface area contributed by atoms with Crippen LogP contribution in [0.15, 0.2) is 17.0 Å². The van der Waals surface area contributed by atoms with E-state index < -0.39 is 15.4 Å². The summed E-state index contributed by atoms with van der Waals surface area (Å²) in [6, 6.07) is 3.14. The summed E-state index contributed by atoms with van der Waals surface area (Å²) in [5.74, 6) is -0.129. The Labute approximate surface area is 136 Å². The molecule has 1 saturated carbocycles. The van der Waals surface area contributed by atoms with Crippen LogP contribution in [0.1, 0.15) is 37.8 Å². The number of benzene rings is 1. The lowest BCUT2D eigenvalue weighted by Gasteiger charge is -2.18. The standard InChI is InChI=1S/C16H22N2O4S/c1-10-6-11(7-12-13(10)18-14(20)15(12,2)3)23(21,22)17-8-16(9-19)4-5-16/h6-7,17,19H,4-5,8-9H2,1-3H3,(H,18,20). The minimum atomic E-state index is -3.68. The molecule has 1 aromatic carbocycles. The zero-order valence-electron chi connectivity index (χ0n) is 13.6. The lowest BCUT2D eigenvalue weighted by molar-refractivity contribution is -0.119. The average molecular weight is 338 g/mol. The Morgan fingerprint density at radius 2 is 1.96 bits per heavy atom. The summed E-state index contributed by atoms with van der Waals surface area (Å²) in [5.41, 5.74) is 1.08. The smallest absolute Gasteiger partial charge is 0.240 e. The summed E-state index contributed by atoms with van der Waals surface area (Å²) in [7, 11) is -3.68. The molecule has 0 atom stereocenters. The van der Waals surface area contributed by atoms with Gasteiger partial charge in [-0.15, -0.1) is 0 Å². The highest BCUT2D eigenvalue weighted by Gasteiger charge is 2.43. The number of hydrogen-bond acceptors (Lipinski definition) is 4. The summed E-state index contributed by atoms with van der Waals surface area (Å²) in [6.45, 7) is 5.58. The molecule has 0 radical (unpaired) electrons. The Balaban J connectivity index is 1.94. The summed E-state index contributed by atoms with van der Waals surface area (Å²) in [5, 5.41) is 12.1. The minimum Gasteiger partial charge on any atom is -0.396 e. The second-order valence-electron chi connectivity index (χ2n) is 7.22. The van der Waals surface area contributed by atoms with Gasteiger partial charge >= 0.3 is 0 Å². The van der Waals surface area contributed by atoms with E-state index in [1.807, 2.05) is 0 Å². The van der Waals surface area contributed by atoms with E-state index in [0.717, 1.165) is 18.4 Å². The van der Waals surface area contributed by atoms with Gasteiger partial charge in [-0.25, -0.2) is 13.1 Å². The quantitative estimate of drug-likeness (QED) is 0.753. The van der Waals surface area contributed by atoms with Crippen LogP contribution in [0, 0.1) is 12.3 Å². The van der Waals surface area contributed by atoms with Crippen molar-refractivity contribution in [1.82, 2.24) is 4.72 Å². The number of amides is 1. The van der Waals surface area contributed by atoms with Crippen molar-refractivity contribution >= 4 is 21.6 Å². The Kier molecular flexibility index (Phi) is 3.59. The number of aryl methyl sites for hydroxylation is 1. The molecule has 1 fully saturated rings. The van der Waals surface area contributed by atoms with Crippen LogP contribution in [0.4, 0.5) is 5.69 Å². The van der Waals surface area contributed by atoms with E-state index in [1.165, 1.54) is 0 Å². The number of fused-ring (bicyclic) bond motifs is 1. The summed E-state index contributed by atoms with van der Waals surface area (Å²) in [4.78, 5) is 12.2. The molecule has 1 aliphatic heterocycles. The van der Waals surface area contributed by atoms with Gasteiger partial charge in [0.05, 0.1) is 10.3 Å². The van der Waals surface area contributed by atoms with Crippen LogP contribution in [-0.2, 0) is 20.2 Å². The lowest BCUT2D eigenvalue weighted by atomic mass is 9.85. The zero-order valence-corrected chi connectivity index (χ0v) is 14.4. The van der Waals surface area contributed by atoms with E-state index in [0.29, 0.717) is 11.3 Å². The maximum atomic E-state index is 12.6. The van der Waals surface area contributed by atoms with Crippen molar-refractivity contribution in [3.8, 4) is 0 Å². The monoisotopic (exact) mass is 338 g/mol. The topological polar surface area (TPSA) is 95.5 Å². The Hall–Kier alpha value is -1.44. The number of nitrogens with one attached hydrogen (secondary N) is 2. The highest BCUT2D eigenvalue weighted by molar-refractivity contribution is 7.89. The first-order chi connectivity index (χ1) is 10.6. The molecule has 3 rings (SSSR count). The van der Waals surface area contributed by atoms with E-state index in [2.05, 4.69) is 10.0 Å². The largest absolute Gasteiger partial charge is 0.396 e. The van der Waals surface area contributed by atoms with Crippen LogP contribution >= 0.6 is 0 Å². The van der Waals surface area contributed by atoms with Crippen molar-refractivity contribution in [3.63, 3.8) is 0 Å². The molecule has 1 aromatic rings. The Bertz CT molecular complexity index is 780. The van der Waals surface area contributed by atoms with Crippen molar-refractivity contribution in [2.24, 2.45) is 5.41 Å². The molecule has 3 N–H and O–H groups in total. The molecular weight excluding hydrogens is 316 g/mol. The van der Waals surface area contributed by atoms with Crippen molar-refractivity contribution in [2.45, 2.75) is 43.9 Å². The molecule has 1 amide bonds. The van der Waals surface area contributed by atoms with Gasteiger partial charge in [0.1, 0.15) is 0 Å². The second kappa shape index (κ2) is 5.03. The van der Waals surface area contributed by atoms with E-state index in [-0.39, 0.29) is 29.4 Å². The number of rotatable bonds is 5. The van der Waals surface area contributed by atoms with Gasteiger partial charge in [0, 0.05) is 24.3 Å². The number of aliphatic hydroxyl groups is 1. The summed E-state index contributed by atoms with van der Waals surface area (Å²) in [6.07, 6.45) is 1.67. The van der Waals surface area contributed by atoms with Crippen molar-refractivity contribution < 1.29 is 18.3 Å². The maximum Gasteiger partial charge on any atom is 0.240 e. The summed E-state index contributed by atoms with van der Waals surface area (Å²) < 4.78 is 27.7. The molecule has 1 aliphatic carbocycles. The fraction of sp³-hybridized carbons (Fsp3) is 0.562. The van der Waals surface area contributed by atoms with E-state index in [1.54, 1.807) is 32.9 Å². The van der Waals surface area contributed by atoms with Crippen molar-refractivity contribution in [1.29, 1.82) is 0 Å². The molecule has 1 heterocycles. The van der Waals surface area contributed by atoms with Crippen LogP contribution in [0.25, 0.3) is 0 Å². The van der Waals surface area contributed by atoms with Crippen LogP contribution in [-0.4, -0.2) is 32.6 Å². The molecule has 0 unspecified atom stereocenters. The van der Waals surface area contributed by atoms with Gasteiger partial charge in [0.2, 0.25) is 15.9 Å². The average Bonchev–Trinajstić information content (AvgIpc) is 3.22. The van der Waals surface area contributed by atoms with Crippen molar-refractivity contribution in [2.75, 3.05) is 18.5 Å². The normalized spacial score (nSPS) is 21.0. The fourth-order valence-electron chi connectivity index (χ4n) is 2.86. The highest BCUT2D eigenvalue weighted by atomic mass is 32.2. The zero-order chi connectivity index (χ0) is 17.0. The maximum absolute atomic E-state index is 12.6. The molecule has 23 heavy (non-hydrogen) atoms. The Morgan fingerprint density at radius 3 is 2.52 bits per heavy atom. The van der Waals surface area contributed by atoms with Gasteiger partial charge < -0.3 is 10.4 Å². The minimum absolute atomic E-state index is 0.00973. The van der Waals surface area contributed by atoms with Crippen LogP contribution in [0.3, 0.4) is 0 Å². The third kappa shape index (κ3) is 2.66. The van der Waals surface area contributed by atoms with Gasteiger partial charge in [-0.3, -0.25) is 4.79 Å². The van der Waals surface area contributed by atoms with Gasteiger partial charge in [-0.2, -0.15) is 0 Å². The predicted octanol–water partition coefficient (Wildman–Crippen LogP) is 1.28. The predicted molar refractivity (Wildman–Crippen MR) is 86.8 cm³/mol.